The number of nitrogens with zero attached hydrogens (tertiary/aromatic N) is 2. The van der Waals surface area contributed by atoms with E-state index in [4.69, 9.17) is 0 Å². The zero-order chi connectivity index (χ0) is 11.7. The first-order valence-corrected chi connectivity index (χ1v) is 4.26. The van der Waals surface area contributed by atoms with Crippen molar-refractivity contribution in [1.29, 1.82) is 0 Å². The highest BCUT2D eigenvalue weighted by atomic mass is 16.1. The van der Waals surface area contributed by atoms with Gasteiger partial charge in [-0.25, -0.2) is 9.97 Å². The molecule has 1 aromatic rings. The number of rotatable bonds is 3. The molecule has 0 N–H and O–H groups in total. The lowest BCUT2D eigenvalue weighted by Gasteiger charge is -1.81. The average Bonchev–Trinajstić information content (AvgIpc) is 2.18. The van der Waals surface area contributed by atoms with Crippen LogP contribution in [0.15, 0.2) is 18.6 Å². The third-order valence-corrected chi connectivity index (χ3v) is 1.22. The molecule has 0 aliphatic rings. The lowest BCUT2D eigenvalue weighted by Crippen LogP contribution is -1.97. The van der Waals surface area contributed by atoms with Gasteiger partial charge in [-0.05, 0) is 19.9 Å². The van der Waals surface area contributed by atoms with Crippen molar-refractivity contribution in [2.24, 2.45) is 0 Å². The standard InChI is InChI=1S/C5H4N2O.C5H8O2/c8-3-5-1-2-6-4-7-5;1-4(6)3-5(2)7/h1-4H;3H2,1-2H3. The van der Waals surface area contributed by atoms with Gasteiger partial charge in [0, 0.05) is 6.20 Å². The summed E-state index contributed by atoms with van der Waals surface area (Å²) in [4.78, 5) is 37.2. The fourth-order valence-electron chi connectivity index (χ4n) is 0.721. The molecule has 1 aromatic heterocycles. The first-order valence-electron chi connectivity index (χ1n) is 4.26. The van der Waals surface area contributed by atoms with E-state index in [0.717, 1.165) is 0 Å². The molecule has 0 saturated heterocycles. The van der Waals surface area contributed by atoms with Crippen molar-refractivity contribution in [2.75, 3.05) is 0 Å². The van der Waals surface area contributed by atoms with E-state index in [-0.39, 0.29) is 18.0 Å². The van der Waals surface area contributed by atoms with E-state index in [0.29, 0.717) is 12.0 Å². The van der Waals surface area contributed by atoms with Gasteiger partial charge in [0.1, 0.15) is 23.6 Å². The van der Waals surface area contributed by atoms with Gasteiger partial charge in [0.2, 0.25) is 0 Å². The van der Waals surface area contributed by atoms with Crippen molar-refractivity contribution in [1.82, 2.24) is 9.97 Å². The molecule has 0 amide bonds. The fraction of sp³-hybridized carbons (Fsp3) is 0.300. The summed E-state index contributed by atoms with van der Waals surface area (Å²) in [6.45, 7) is 2.81. The summed E-state index contributed by atoms with van der Waals surface area (Å²) >= 11 is 0. The summed E-state index contributed by atoms with van der Waals surface area (Å²) < 4.78 is 0. The van der Waals surface area contributed by atoms with Gasteiger partial charge in [-0.3, -0.25) is 14.4 Å². The van der Waals surface area contributed by atoms with Crippen LogP contribution >= 0.6 is 0 Å². The second kappa shape index (κ2) is 7.49. The molecule has 0 saturated carbocycles. The molecule has 15 heavy (non-hydrogen) atoms. The van der Waals surface area contributed by atoms with E-state index in [1.165, 1.54) is 26.4 Å². The van der Waals surface area contributed by atoms with Gasteiger partial charge in [0.25, 0.3) is 0 Å². The number of hydrogen-bond donors (Lipinski definition) is 0. The van der Waals surface area contributed by atoms with E-state index in [9.17, 15) is 14.4 Å². The van der Waals surface area contributed by atoms with Crippen molar-refractivity contribution >= 4 is 17.9 Å². The summed E-state index contributed by atoms with van der Waals surface area (Å²) in [5, 5.41) is 0. The lowest BCUT2D eigenvalue weighted by molar-refractivity contribution is -0.124. The summed E-state index contributed by atoms with van der Waals surface area (Å²) in [5.74, 6) is -0.125. The molecule has 80 valence electrons. The van der Waals surface area contributed by atoms with Crippen molar-refractivity contribution in [2.45, 2.75) is 20.3 Å². The number of aromatic nitrogens is 2. The predicted octanol–water partition coefficient (Wildman–Crippen LogP) is 0.844. The maximum atomic E-state index is 10.0. The summed E-state index contributed by atoms with van der Waals surface area (Å²) in [6.07, 6.45) is 3.63. The molecule has 0 fully saturated rings. The van der Waals surface area contributed by atoms with Gasteiger partial charge < -0.3 is 0 Å². The number of Topliss-reactive ketones (excluding diaryl/α,β-unsaturated/α-hetero) is 2. The quantitative estimate of drug-likeness (QED) is 0.543. The number of hydrogen-bond acceptors (Lipinski definition) is 5. The van der Waals surface area contributed by atoms with Gasteiger partial charge >= 0.3 is 0 Å². The molecule has 0 aromatic carbocycles. The Labute approximate surface area is 87.6 Å². The smallest absolute Gasteiger partial charge is 0.168 e. The Morgan fingerprint density at radius 1 is 1.33 bits per heavy atom. The second-order valence-corrected chi connectivity index (χ2v) is 2.83. The van der Waals surface area contributed by atoms with Crippen LogP contribution in [-0.2, 0) is 9.59 Å². The number of aldehydes is 1. The highest BCUT2D eigenvalue weighted by molar-refractivity contribution is 5.96. The van der Waals surface area contributed by atoms with Gasteiger partial charge in [-0.2, -0.15) is 0 Å². The number of carbonyl (C=O) groups is 3. The van der Waals surface area contributed by atoms with Crippen LogP contribution in [0.2, 0.25) is 0 Å². The number of ketones is 2. The Morgan fingerprint density at radius 2 is 1.93 bits per heavy atom. The van der Waals surface area contributed by atoms with Gasteiger partial charge in [-0.15, -0.1) is 0 Å². The molecule has 5 heteroatoms. The van der Waals surface area contributed by atoms with Crippen LogP contribution in [0.4, 0.5) is 0 Å². The highest BCUT2D eigenvalue weighted by Gasteiger charge is 1.94. The largest absolute Gasteiger partial charge is 0.300 e. The van der Waals surface area contributed by atoms with Crippen LogP contribution in [0.1, 0.15) is 30.8 Å². The van der Waals surface area contributed by atoms with Crippen molar-refractivity contribution in [3.05, 3.63) is 24.3 Å². The highest BCUT2D eigenvalue weighted by Crippen LogP contribution is 1.81. The van der Waals surface area contributed by atoms with E-state index in [2.05, 4.69) is 9.97 Å². The van der Waals surface area contributed by atoms with Crippen molar-refractivity contribution in [3.63, 3.8) is 0 Å². The second-order valence-electron chi connectivity index (χ2n) is 2.83. The molecule has 0 atom stereocenters. The minimum Gasteiger partial charge on any atom is -0.300 e. The van der Waals surface area contributed by atoms with E-state index >= 15 is 0 Å². The molecule has 5 nitrogen and oxygen atoms in total. The first-order chi connectivity index (χ1) is 7.06. The van der Waals surface area contributed by atoms with Gasteiger partial charge in [-0.1, -0.05) is 0 Å². The average molecular weight is 208 g/mol. The molecule has 0 aliphatic carbocycles. The van der Waals surface area contributed by atoms with Gasteiger partial charge in [0.15, 0.2) is 6.29 Å². The summed E-state index contributed by atoms with van der Waals surface area (Å²) in [5.41, 5.74) is 0.417. The normalized spacial score (nSPS) is 8.40. The zero-order valence-corrected chi connectivity index (χ0v) is 8.64. The lowest BCUT2D eigenvalue weighted by atomic mass is 10.2. The Bertz CT molecular complexity index is 324. The fourth-order valence-corrected chi connectivity index (χ4v) is 0.721. The summed E-state index contributed by atoms with van der Waals surface area (Å²) in [7, 11) is 0. The van der Waals surface area contributed by atoms with Gasteiger partial charge in [0.05, 0.1) is 6.42 Å². The Hall–Kier alpha value is -1.91. The molecule has 0 spiro atoms. The maximum Gasteiger partial charge on any atom is 0.168 e. The van der Waals surface area contributed by atoms with Crippen LogP contribution in [-0.4, -0.2) is 27.8 Å². The summed E-state index contributed by atoms with van der Waals surface area (Å²) in [6, 6.07) is 1.55. The molecule has 1 rings (SSSR count). The van der Waals surface area contributed by atoms with Crippen molar-refractivity contribution < 1.29 is 14.4 Å². The predicted molar refractivity (Wildman–Crippen MR) is 53.4 cm³/mol. The first kappa shape index (κ1) is 13.1. The van der Waals surface area contributed by atoms with Crippen LogP contribution in [0, 0.1) is 0 Å². The third-order valence-electron chi connectivity index (χ3n) is 1.22. The molecule has 0 radical (unpaired) electrons. The van der Waals surface area contributed by atoms with E-state index in [1.807, 2.05) is 0 Å². The Kier molecular flexibility index (Phi) is 6.54. The molecule has 0 bridgehead atoms. The number of carbonyl (C=O) groups excluding carboxylic acids is 3. The molecular formula is C10H12N2O3. The van der Waals surface area contributed by atoms with E-state index < -0.39 is 0 Å². The van der Waals surface area contributed by atoms with Crippen molar-refractivity contribution in [3.8, 4) is 0 Å². The van der Waals surface area contributed by atoms with Crippen LogP contribution in [0.25, 0.3) is 0 Å². The van der Waals surface area contributed by atoms with Crippen LogP contribution < -0.4 is 0 Å². The Balaban J connectivity index is 0.000000265. The zero-order valence-electron chi connectivity index (χ0n) is 8.64. The minimum atomic E-state index is -0.0625. The van der Waals surface area contributed by atoms with Crippen LogP contribution in [0.3, 0.4) is 0 Å². The third kappa shape index (κ3) is 8.42. The molecule has 0 aliphatic heterocycles. The topological polar surface area (TPSA) is 77.0 Å². The minimum absolute atomic E-state index is 0.0625. The van der Waals surface area contributed by atoms with Crippen LogP contribution in [0.5, 0.6) is 0 Å². The molecular weight excluding hydrogens is 196 g/mol. The SMILES string of the molecule is CC(=O)CC(C)=O.O=Cc1ccncn1. The monoisotopic (exact) mass is 208 g/mol. The molecule has 1 heterocycles. The van der Waals surface area contributed by atoms with E-state index in [1.54, 1.807) is 6.07 Å². The maximum absolute atomic E-state index is 10.0. The Morgan fingerprint density at radius 3 is 2.13 bits per heavy atom. The molecule has 0 unspecified atom stereocenters.